The molecule has 0 aliphatic rings. The van der Waals surface area contributed by atoms with Crippen molar-refractivity contribution in [2.75, 3.05) is 20.8 Å². The van der Waals surface area contributed by atoms with E-state index in [2.05, 4.69) is 5.32 Å². The average molecular weight is 338 g/mol. The van der Waals surface area contributed by atoms with Gasteiger partial charge in [-0.3, -0.25) is 4.79 Å². The zero-order valence-electron chi connectivity index (χ0n) is 12.8. The minimum Gasteiger partial charge on any atom is -0.496 e. The van der Waals surface area contributed by atoms with E-state index < -0.39 is 11.7 Å². The molecule has 6 heteroatoms. The number of benzene rings is 2. The number of carbonyl (C=O) groups is 1. The Morgan fingerprint density at radius 2 is 2.00 bits per heavy atom. The quantitative estimate of drug-likeness (QED) is 0.876. The van der Waals surface area contributed by atoms with Gasteiger partial charge in [-0.25, -0.2) is 4.39 Å². The summed E-state index contributed by atoms with van der Waals surface area (Å²) in [6.07, 6.45) is -0.380. The number of nitrogens with one attached hydrogen (secondary N) is 1. The van der Waals surface area contributed by atoms with Gasteiger partial charge >= 0.3 is 0 Å². The van der Waals surface area contributed by atoms with E-state index >= 15 is 0 Å². The van der Waals surface area contributed by atoms with Crippen LogP contribution in [-0.4, -0.2) is 26.7 Å². The summed E-state index contributed by atoms with van der Waals surface area (Å²) in [6.45, 7) is 0.226. The molecular formula is C17H17ClFNO3. The number of rotatable bonds is 6. The highest BCUT2D eigenvalue weighted by molar-refractivity contribution is 6.33. The van der Waals surface area contributed by atoms with Crippen LogP contribution in [0.25, 0.3) is 0 Å². The van der Waals surface area contributed by atoms with E-state index in [1.807, 2.05) is 24.3 Å². The first-order chi connectivity index (χ1) is 11.1. The number of methoxy groups -OCH3 is 2. The lowest BCUT2D eigenvalue weighted by Crippen LogP contribution is -2.29. The van der Waals surface area contributed by atoms with E-state index in [9.17, 15) is 9.18 Å². The Bertz CT molecular complexity index is 693. The lowest BCUT2D eigenvalue weighted by atomic mass is 10.1. The molecule has 0 fully saturated rings. The predicted molar refractivity (Wildman–Crippen MR) is 86.5 cm³/mol. The number of hydrogen-bond acceptors (Lipinski definition) is 3. The molecule has 23 heavy (non-hydrogen) atoms. The molecule has 0 heterocycles. The van der Waals surface area contributed by atoms with Crippen LogP contribution in [-0.2, 0) is 4.74 Å². The maximum absolute atomic E-state index is 13.0. The Morgan fingerprint density at radius 3 is 2.65 bits per heavy atom. The molecule has 0 aromatic heterocycles. The van der Waals surface area contributed by atoms with Crippen molar-refractivity contribution in [2.45, 2.75) is 6.10 Å². The second-order valence-electron chi connectivity index (χ2n) is 4.80. The van der Waals surface area contributed by atoms with E-state index in [1.165, 1.54) is 12.1 Å². The Hall–Kier alpha value is -2.11. The number of carbonyl (C=O) groups excluding carboxylic acids is 1. The molecule has 4 nitrogen and oxygen atoms in total. The number of ether oxygens (including phenoxy) is 2. The van der Waals surface area contributed by atoms with Crippen molar-refractivity contribution in [1.82, 2.24) is 5.32 Å². The molecule has 0 aliphatic heterocycles. The van der Waals surface area contributed by atoms with Crippen LogP contribution in [0.2, 0.25) is 5.02 Å². The SMILES string of the molecule is COc1ccccc1C(CNC(=O)c1ccc(F)cc1Cl)OC. The standard InChI is InChI=1S/C17H17ClFNO3/c1-22-15-6-4-3-5-13(15)16(23-2)10-20-17(21)12-8-7-11(19)9-14(12)18/h3-9,16H,10H2,1-2H3,(H,20,21). The van der Waals surface area contributed by atoms with Gasteiger partial charge in [-0.05, 0) is 24.3 Å². The molecule has 0 saturated heterocycles. The molecule has 1 N–H and O–H groups in total. The van der Waals surface area contributed by atoms with E-state index in [4.69, 9.17) is 21.1 Å². The fraction of sp³-hybridized carbons (Fsp3) is 0.235. The summed E-state index contributed by atoms with van der Waals surface area (Å²) in [5.74, 6) is -0.212. The number of para-hydroxylation sites is 1. The molecule has 2 aromatic rings. The highest BCUT2D eigenvalue weighted by Gasteiger charge is 2.18. The van der Waals surface area contributed by atoms with Crippen molar-refractivity contribution in [2.24, 2.45) is 0 Å². The van der Waals surface area contributed by atoms with Crippen molar-refractivity contribution in [3.8, 4) is 5.75 Å². The van der Waals surface area contributed by atoms with Crippen LogP contribution < -0.4 is 10.1 Å². The molecule has 0 saturated carbocycles. The van der Waals surface area contributed by atoms with Crippen molar-refractivity contribution >= 4 is 17.5 Å². The Balaban J connectivity index is 2.09. The van der Waals surface area contributed by atoms with Gasteiger partial charge in [0.1, 0.15) is 17.7 Å². The van der Waals surface area contributed by atoms with E-state index in [-0.39, 0.29) is 23.2 Å². The van der Waals surface area contributed by atoms with E-state index in [1.54, 1.807) is 14.2 Å². The van der Waals surface area contributed by atoms with E-state index in [0.29, 0.717) is 5.75 Å². The van der Waals surface area contributed by atoms with Gasteiger partial charge in [0.15, 0.2) is 0 Å². The first-order valence-corrected chi connectivity index (χ1v) is 7.33. The summed E-state index contributed by atoms with van der Waals surface area (Å²) >= 11 is 5.89. The first kappa shape index (κ1) is 17.2. The third-order valence-corrected chi connectivity index (χ3v) is 3.71. The van der Waals surface area contributed by atoms with Crippen LogP contribution in [0.3, 0.4) is 0 Å². The van der Waals surface area contributed by atoms with Crippen LogP contribution in [0.4, 0.5) is 4.39 Å². The Kier molecular flexibility index (Phi) is 5.96. The first-order valence-electron chi connectivity index (χ1n) is 6.95. The summed E-state index contributed by atoms with van der Waals surface area (Å²) < 4.78 is 23.8. The second kappa shape index (κ2) is 7.94. The molecule has 1 atom stereocenters. The highest BCUT2D eigenvalue weighted by atomic mass is 35.5. The van der Waals surface area contributed by atoms with Gasteiger partial charge in [0.05, 0.1) is 17.7 Å². The highest BCUT2D eigenvalue weighted by Crippen LogP contribution is 2.26. The minimum absolute atomic E-state index is 0.0637. The smallest absolute Gasteiger partial charge is 0.252 e. The zero-order valence-corrected chi connectivity index (χ0v) is 13.6. The number of amides is 1. The van der Waals surface area contributed by atoms with Gasteiger partial charge in [0.25, 0.3) is 5.91 Å². The topological polar surface area (TPSA) is 47.6 Å². The monoisotopic (exact) mass is 337 g/mol. The largest absolute Gasteiger partial charge is 0.496 e. The summed E-state index contributed by atoms with van der Waals surface area (Å²) in [6, 6.07) is 11.0. The maximum Gasteiger partial charge on any atom is 0.252 e. The van der Waals surface area contributed by atoms with E-state index in [0.717, 1.165) is 11.6 Å². The van der Waals surface area contributed by atoms with Crippen LogP contribution in [0.1, 0.15) is 22.0 Å². The third kappa shape index (κ3) is 4.21. The van der Waals surface area contributed by atoms with Crippen LogP contribution in [0, 0.1) is 5.82 Å². The molecule has 1 unspecified atom stereocenters. The lowest BCUT2D eigenvalue weighted by molar-refractivity contribution is 0.0819. The van der Waals surface area contributed by atoms with Gasteiger partial charge in [-0.2, -0.15) is 0 Å². The summed E-state index contributed by atoms with van der Waals surface area (Å²) in [5.41, 5.74) is 1.03. The number of hydrogen-bond donors (Lipinski definition) is 1. The van der Waals surface area contributed by atoms with Crippen molar-refractivity contribution in [3.05, 3.63) is 64.4 Å². The number of halogens is 2. The molecular weight excluding hydrogens is 321 g/mol. The average Bonchev–Trinajstić information content (AvgIpc) is 2.55. The molecule has 122 valence electrons. The maximum atomic E-state index is 13.0. The molecule has 0 bridgehead atoms. The summed E-state index contributed by atoms with van der Waals surface area (Å²) in [5, 5.41) is 2.80. The predicted octanol–water partition coefficient (Wildman–Crippen LogP) is 3.61. The lowest BCUT2D eigenvalue weighted by Gasteiger charge is -2.19. The third-order valence-electron chi connectivity index (χ3n) is 3.39. The fourth-order valence-corrected chi connectivity index (χ4v) is 2.46. The van der Waals surface area contributed by atoms with Crippen molar-refractivity contribution < 1.29 is 18.7 Å². The summed E-state index contributed by atoms with van der Waals surface area (Å²) in [7, 11) is 3.12. The molecule has 0 aliphatic carbocycles. The van der Waals surface area contributed by atoms with Gasteiger partial charge in [-0.15, -0.1) is 0 Å². The van der Waals surface area contributed by atoms with Gasteiger partial charge in [-0.1, -0.05) is 29.8 Å². The van der Waals surface area contributed by atoms with Crippen LogP contribution in [0.5, 0.6) is 5.75 Å². The van der Waals surface area contributed by atoms with Gasteiger partial charge < -0.3 is 14.8 Å². The molecule has 2 rings (SSSR count). The fourth-order valence-electron chi connectivity index (χ4n) is 2.21. The Morgan fingerprint density at radius 1 is 1.26 bits per heavy atom. The molecule has 2 aromatic carbocycles. The van der Waals surface area contributed by atoms with Crippen LogP contribution >= 0.6 is 11.6 Å². The Labute approximate surface area is 139 Å². The van der Waals surface area contributed by atoms with Gasteiger partial charge in [0.2, 0.25) is 0 Å². The molecule has 0 radical (unpaired) electrons. The van der Waals surface area contributed by atoms with Crippen molar-refractivity contribution in [1.29, 1.82) is 0 Å². The van der Waals surface area contributed by atoms with Crippen molar-refractivity contribution in [3.63, 3.8) is 0 Å². The van der Waals surface area contributed by atoms with Gasteiger partial charge in [0, 0.05) is 19.2 Å². The zero-order chi connectivity index (χ0) is 16.8. The minimum atomic E-state index is -0.490. The normalized spacial score (nSPS) is 11.8. The molecule has 1 amide bonds. The van der Waals surface area contributed by atoms with Crippen LogP contribution in [0.15, 0.2) is 42.5 Å². The molecule has 0 spiro atoms. The second-order valence-corrected chi connectivity index (χ2v) is 5.21. The summed E-state index contributed by atoms with van der Waals surface area (Å²) in [4.78, 5) is 12.2.